The zero-order chi connectivity index (χ0) is 13.9. The molecule has 0 aromatic carbocycles. The summed E-state index contributed by atoms with van der Waals surface area (Å²) in [5.41, 5.74) is 5.45. The molecule has 1 saturated carbocycles. The van der Waals surface area contributed by atoms with Crippen LogP contribution in [-0.2, 0) is 9.53 Å². The van der Waals surface area contributed by atoms with Gasteiger partial charge in [0.25, 0.3) is 0 Å². The molecule has 110 valence electrons. The highest BCUT2D eigenvalue weighted by Gasteiger charge is 2.45. The van der Waals surface area contributed by atoms with Gasteiger partial charge in [-0.3, -0.25) is 4.79 Å². The van der Waals surface area contributed by atoms with Gasteiger partial charge >= 0.3 is 5.97 Å². The van der Waals surface area contributed by atoms with Crippen molar-refractivity contribution in [1.29, 1.82) is 0 Å². The van der Waals surface area contributed by atoms with Crippen LogP contribution in [0.25, 0.3) is 0 Å². The molecule has 0 bridgehead atoms. The summed E-state index contributed by atoms with van der Waals surface area (Å²) >= 11 is 0. The third kappa shape index (κ3) is 3.29. The number of ether oxygens (including phenoxy) is 1. The molecule has 2 N–H and O–H groups in total. The van der Waals surface area contributed by atoms with Crippen LogP contribution in [0, 0.1) is 5.92 Å². The summed E-state index contributed by atoms with van der Waals surface area (Å²) in [6, 6.07) is 0.478. The Morgan fingerprint density at radius 2 is 2.05 bits per heavy atom. The predicted molar refractivity (Wildman–Crippen MR) is 75.8 cm³/mol. The first-order valence-corrected chi connectivity index (χ1v) is 7.70. The lowest BCUT2D eigenvalue weighted by Gasteiger charge is -2.36. The molecule has 4 nitrogen and oxygen atoms in total. The Balaban J connectivity index is 1.84. The molecule has 0 radical (unpaired) electrons. The number of methoxy groups -OCH3 is 1. The van der Waals surface area contributed by atoms with Gasteiger partial charge in [-0.15, -0.1) is 0 Å². The molecule has 1 heterocycles. The quantitative estimate of drug-likeness (QED) is 0.792. The van der Waals surface area contributed by atoms with Crippen molar-refractivity contribution in [3.8, 4) is 0 Å². The van der Waals surface area contributed by atoms with E-state index in [-0.39, 0.29) is 5.97 Å². The number of rotatable bonds is 4. The van der Waals surface area contributed by atoms with Gasteiger partial charge in [0, 0.05) is 6.04 Å². The first-order valence-electron chi connectivity index (χ1n) is 7.70. The van der Waals surface area contributed by atoms with E-state index in [0.29, 0.717) is 6.04 Å². The minimum atomic E-state index is -0.736. The van der Waals surface area contributed by atoms with Crippen LogP contribution in [-0.4, -0.2) is 42.6 Å². The molecule has 1 aliphatic carbocycles. The second-order valence-corrected chi connectivity index (χ2v) is 6.31. The summed E-state index contributed by atoms with van der Waals surface area (Å²) in [7, 11) is 1.43. The van der Waals surface area contributed by atoms with Crippen LogP contribution in [0.15, 0.2) is 0 Å². The van der Waals surface area contributed by atoms with Gasteiger partial charge in [-0.25, -0.2) is 0 Å². The van der Waals surface area contributed by atoms with Crippen LogP contribution < -0.4 is 5.73 Å². The first-order chi connectivity index (χ1) is 9.09. The smallest absolute Gasteiger partial charge is 0.325 e. The maximum absolute atomic E-state index is 11.7. The standard InChI is InChI=1S/C15H28N2O2/c1-3-4-12-6-9-17(10-7-12)13-5-8-15(16,11-13)14(18)19-2/h12-13H,3-11,16H2,1-2H3. The number of carbonyl (C=O) groups is 1. The number of piperidine rings is 1. The van der Waals surface area contributed by atoms with Gasteiger partial charge in [-0.2, -0.15) is 0 Å². The molecule has 0 aromatic rings. The molecule has 2 unspecified atom stereocenters. The summed E-state index contributed by atoms with van der Waals surface area (Å²) in [6.45, 7) is 4.61. The molecular weight excluding hydrogens is 240 g/mol. The van der Waals surface area contributed by atoms with E-state index in [1.807, 2.05) is 0 Å². The van der Waals surface area contributed by atoms with Gasteiger partial charge in [-0.05, 0) is 51.1 Å². The highest BCUT2D eigenvalue weighted by atomic mass is 16.5. The lowest BCUT2D eigenvalue weighted by molar-refractivity contribution is -0.147. The minimum absolute atomic E-state index is 0.240. The third-order valence-corrected chi connectivity index (χ3v) is 4.98. The van der Waals surface area contributed by atoms with Crippen LogP contribution in [0.2, 0.25) is 0 Å². The fourth-order valence-electron chi connectivity index (χ4n) is 3.76. The van der Waals surface area contributed by atoms with Crippen molar-refractivity contribution in [2.24, 2.45) is 11.7 Å². The van der Waals surface area contributed by atoms with E-state index < -0.39 is 5.54 Å². The average molecular weight is 268 g/mol. The normalized spacial score (nSPS) is 33.5. The molecule has 0 aromatic heterocycles. The largest absolute Gasteiger partial charge is 0.468 e. The van der Waals surface area contributed by atoms with Crippen LogP contribution >= 0.6 is 0 Å². The lowest BCUT2D eigenvalue weighted by Crippen LogP contribution is -2.49. The number of likely N-dealkylation sites (tertiary alicyclic amines) is 1. The van der Waals surface area contributed by atoms with E-state index in [9.17, 15) is 4.79 Å². The van der Waals surface area contributed by atoms with Crippen molar-refractivity contribution in [1.82, 2.24) is 4.90 Å². The highest BCUT2D eigenvalue weighted by molar-refractivity contribution is 5.81. The van der Waals surface area contributed by atoms with Crippen molar-refractivity contribution in [3.63, 3.8) is 0 Å². The van der Waals surface area contributed by atoms with Gasteiger partial charge in [0.2, 0.25) is 0 Å². The third-order valence-electron chi connectivity index (χ3n) is 4.98. The second kappa shape index (κ2) is 6.23. The number of hydrogen-bond donors (Lipinski definition) is 1. The van der Waals surface area contributed by atoms with Gasteiger partial charge in [0.05, 0.1) is 7.11 Å². The molecule has 2 fully saturated rings. The Bertz CT molecular complexity index is 313. The fraction of sp³-hybridized carbons (Fsp3) is 0.933. The highest BCUT2D eigenvalue weighted by Crippen LogP contribution is 2.34. The van der Waals surface area contributed by atoms with E-state index in [1.54, 1.807) is 0 Å². The van der Waals surface area contributed by atoms with Crippen molar-refractivity contribution in [2.45, 2.75) is 63.5 Å². The zero-order valence-corrected chi connectivity index (χ0v) is 12.4. The molecule has 0 spiro atoms. The number of carbonyl (C=O) groups excluding carboxylic acids is 1. The van der Waals surface area contributed by atoms with Crippen molar-refractivity contribution < 1.29 is 9.53 Å². The molecule has 1 aliphatic heterocycles. The van der Waals surface area contributed by atoms with Crippen LogP contribution in [0.4, 0.5) is 0 Å². The summed E-state index contributed by atoms with van der Waals surface area (Å²) in [5, 5.41) is 0. The molecule has 19 heavy (non-hydrogen) atoms. The van der Waals surface area contributed by atoms with Crippen LogP contribution in [0.3, 0.4) is 0 Å². The van der Waals surface area contributed by atoms with Crippen LogP contribution in [0.5, 0.6) is 0 Å². The average Bonchev–Trinajstić information content (AvgIpc) is 2.83. The summed E-state index contributed by atoms with van der Waals surface area (Å²) in [6.07, 6.45) is 7.82. The Kier molecular flexibility index (Phi) is 4.85. The minimum Gasteiger partial charge on any atom is -0.468 e. The number of nitrogens with two attached hydrogens (primary N) is 1. The van der Waals surface area contributed by atoms with E-state index in [2.05, 4.69) is 11.8 Å². The molecular formula is C15H28N2O2. The van der Waals surface area contributed by atoms with Crippen molar-refractivity contribution in [3.05, 3.63) is 0 Å². The van der Waals surface area contributed by atoms with Gasteiger partial charge in [0.15, 0.2) is 0 Å². The van der Waals surface area contributed by atoms with Crippen molar-refractivity contribution >= 4 is 5.97 Å². The Morgan fingerprint density at radius 3 is 2.63 bits per heavy atom. The zero-order valence-electron chi connectivity index (χ0n) is 12.4. The molecule has 0 amide bonds. The van der Waals surface area contributed by atoms with Gasteiger partial charge in [-0.1, -0.05) is 19.8 Å². The summed E-state index contributed by atoms with van der Waals surface area (Å²) in [5.74, 6) is 0.668. The first kappa shape index (κ1) is 14.8. The molecule has 2 rings (SSSR count). The summed E-state index contributed by atoms with van der Waals surface area (Å²) < 4.78 is 4.84. The maximum Gasteiger partial charge on any atom is 0.325 e. The fourth-order valence-corrected chi connectivity index (χ4v) is 3.76. The molecule has 4 heteroatoms. The SMILES string of the molecule is CCCC1CCN(C2CCC(N)(C(=O)OC)C2)CC1. The maximum atomic E-state index is 11.7. The lowest BCUT2D eigenvalue weighted by atomic mass is 9.91. The monoisotopic (exact) mass is 268 g/mol. The van der Waals surface area contributed by atoms with E-state index in [0.717, 1.165) is 25.2 Å². The Labute approximate surface area is 116 Å². The van der Waals surface area contributed by atoms with E-state index >= 15 is 0 Å². The summed E-state index contributed by atoms with van der Waals surface area (Å²) in [4.78, 5) is 14.3. The Morgan fingerprint density at radius 1 is 1.37 bits per heavy atom. The number of hydrogen-bond acceptors (Lipinski definition) is 4. The van der Waals surface area contributed by atoms with Gasteiger partial charge < -0.3 is 15.4 Å². The number of esters is 1. The molecule has 2 aliphatic rings. The van der Waals surface area contributed by atoms with Gasteiger partial charge in [0.1, 0.15) is 5.54 Å². The molecule has 1 saturated heterocycles. The topological polar surface area (TPSA) is 55.6 Å². The predicted octanol–water partition coefficient (Wildman–Crippen LogP) is 1.92. The Hall–Kier alpha value is -0.610. The molecule has 2 atom stereocenters. The van der Waals surface area contributed by atoms with E-state index in [1.165, 1.54) is 45.9 Å². The van der Waals surface area contributed by atoms with Crippen LogP contribution in [0.1, 0.15) is 51.9 Å². The van der Waals surface area contributed by atoms with Crippen molar-refractivity contribution in [2.75, 3.05) is 20.2 Å². The van der Waals surface area contributed by atoms with E-state index in [4.69, 9.17) is 10.5 Å². The number of nitrogens with zero attached hydrogens (tertiary/aromatic N) is 1. The second-order valence-electron chi connectivity index (χ2n) is 6.31.